The number of carbonyl (C=O) groups excluding carboxylic acids is 1. The van der Waals surface area contributed by atoms with Crippen molar-refractivity contribution in [2.24, 2.45) is 10.9 Å². The summed E-state index contributed by atoms with van der Waals surface area (Å²) in [4.78, 5) is 23.3. The van der Waals surface area contributed by atoms with Crippen LogP contribution in [0.2, 0.25) is 0 Å². The van der Waals surface area contributed by atoms with Gasteiger partial charge in [-0.2, -0.15) is 0 Å². The summed E-state index contributed by atoms with van der Waals surface area (Å²) in [7, 11) is 1.76. The molecule has 0 bridgehead atoms. The Hall–Kier alpha value is -2.83. The Morgan fingerprint density at radius 1 is 1.23 bits per heavy atom. The number of nitrogens with zero attached hydrogens (tertiary/aromatic N) is 3. The topological polar surface area (TPSA) is 82.8 Å². The summed E-state index contributed by atoms with van der Waals surface area (Å²) in [6.07, 6.45) is 5.42. The first kappa shape index (κ1) is 22.8. The van der Waals surface area contributed by atoms with Gasteiger partial charge in [0.05, 0.1) is 12.7 Å². The highest BCUT2D eigenvalue weighted by Gasteiger charge is 2.26. The molecular weight excluding hydrogens is 390 g/mol. The van der Waals surface area contributed by atoms with Gasteiger partial charge in [0, 0.05) is 37.7 Å². The predicted molar refractivity (Wildman–Crippen MR) is 124 cm³/mol. The largest absolute Gasteiger partial charge is 0.439 e. The van der Waals surface area contributed by atoms with Crippen LogP contribution in [0.25, 0.3) is 11.3 Å². The number of guanidine groups is 1. The minimum atomic E-state index is 0.157. The number of aryl methyl sites for hydroxylation is 1. The Morgan fingerprint density at radius 3 is 2.52 bits per heavy atom. The maximum absolute atomic E-state index is 12.6. The second kappa shape index (κ2) is 11.0. The van der Waals surface area contributed by atoms with Crippen LogP contribution in [0.4, 0.5) is 0 Å². The number of rotatable bonds is 7. The third-order valence-corrected chi connectivity index (χ3v) is 6.00. The van der Waals surface area contributed by atoms with E-state index >= 15 is 0 Å². The number of nitrogens with one attached hydrogen (secondary N) is 2. The van der Waals surface area contributed by atoms with E-state index in [0.29, 0.717) is 24.4 Å². The molecule has 0 spiro atoms. The molecule has 2 aromatic rings. The predicted octanol–water partition coefficient (Wildman–Crippen LogP) is 3.74. The average Bonchev–Trinajstić information content (AvgIpc) is 3.27. The number of piperidine rings is 1. The van der Waals surface area contributed by atoms with Crippen LogP contribution in [0.5, 0.6) is 0 Å². The fourth-order valence-electron chi connectivity index (χ4n) is 3.93. The van der Waals surface area contributed by atoms with Crippen LogP contribution >= 0.6 is 0 Å². The molecule has 3 rings (SSSR count). The highest BCUT2D eigenvalue weighted by molar-refractivity contribution is 5.80. The summed E-state index contributed by atoms with van der Waals surface area (Å²) in [5, 5.41) is 6.75. The molecule has 7 heteroatoms. The van der Waals surface area contributed by atoms with Crippen LogP contribution in [0, 0.1) is 12.8 Å². The van der Waals surface area contributed by atoms with E-state index in [9.17, 15) is 4.79 Å². The lowest BCUT2D eigenvalue weighted by Gasteiger charge is -2.34. The Bertz CT molecular complexity index is 862. The Morgan fingerprint density at radius 2 is 1.90 bits per heavy atom. The highest BCUT2D eigenvalue weighted by Crippen LogP contribution is 2.21. The Labute approximate surface area is 185 Å². The maximum Gasteiger partial charge on any atom is 0.225 e. The van der Waals surface area contributed by atoms with Crippen molar-refractivity contribution in [1.29, 1.82) is 0 Å². The number of likely N-dealkylation sites (tertiary alicyclic amines) is 1. The molecule has 0 saturated carbocycles. The van der Waals surface area contributed by atoms with Gasteiger partial charge in [-0.05, 0) is 32.6 Å². The van der Waals surface area contributed by atoms with Gasteiger partial charge in [0.1, 0.15) is 0 Å². The van der Waals surface area contributed by atoms with Gasteiger partial charge in [0.25, 0.3) is 0 Å². The molecule has 1 aliphatic heterocycles. The zero-order valence-electron chi connectivity index (χ0n) is 19.1. The first-order valence-electron chi connectivity index (χ1n) is 11.3. The lowest BCUT2D eigenvalue weighted by Crippen LogP contribution is -2.50. The molecule has 31 heavy (non-hydrogen) atoms. The second-order valence-corrected chi connectivity index (χ2v) is 8.17. The van der Waals surface area contributed by atoms with Gasteiger partial charge >= 0.3 is 0 Å². The molecule has 1 amide bonds. The van der Waals surface area contributed by atoms with Crippen LogP contribution < -0.4 is 10.6 Å². The average molecular weight is 426 g/mol. The third-order valence-electron chi connectivity index (χ3n) is 6.00. The van der Waals surface area contributed by atoms with Crippen LogP contribution in [0.1, 0.15) is 51.0 Å². The fourth-order valence-corrected chi connectivity index (χ4v) is 3.93. The first-order chi connectivity index (χ1) is 15.0. The van der Waals surface area contributed by atoms with Gasteiger partial charge in [-0.3, -0.25) is 9.79 Å². The van der Waals surface area contributed by atoms with Gasteiger partial charge in [-0.15, -0.1) is 0 Å². The number of carbonyl (C=O) groups is 1. The van der Waals surface area contributed by atoms with E-state index in [1.165, 1.54) is 5.56 Å². The molecule has 2 N–H and O–H groups in total. The van der Waals surface area contributed by atoms with Gasteiger partial charge < -0.3 is 20.0 Å². The fraction of sp³-hybridized carbons (Fsp3) is 0.542. The number of oxazole rings is 1. The number of aliphatic imine (C=N–C) groups is 1. The van der Waals surface area contributed by atoms with Crippen LogP contribution in [0.15, 0.2) is 39.9 Å². The van der Waals surface area contributed by atoms with E-state index in [2.05, 4.69) is 53.5 Å². The standard InChI is InChI=1S/C24H35N5O2/c1-5-18(6-2)23(30)29-13-11-20(12-14-29)28-24(25-4)27-16-22-26-15-21(31-22)19-9-7-17(3)8-10-19/h7-10,15,18,20H,5-6,11-14,16H2,1-4H3,(H2,25,27,28). The monoisotopic (exact) mass is 425 g/mol. The first-order valence-corrected chi connectivity index (χ1v) is 11.3. The van der Waals surface area contributed by atoms with Gasteiger partial charge in [0.15, 0.2) is 11.7 Å². The summed E-state index contributed by atoms with van der Waals surface area (Å²) >= 11 is 0. The summed E-state index contributed by atoms with van der Waals surface area (Å²) < 4.78 is 5.88. The number of hydrogen-bond acceptors (Lipinski definition) is 4. The maximum atomic E-state index is 12.6. The van der Waals surface area contributed by atoms with Crippen LogP contribution in [-0.4, -0.2) is 47.9 Å². The molecule has 168 valence electrons. The van der Waals surface area contributed by atoms with Crippen molar-refractivity contribution in [2.75, 3.05) is 20.1 Å². The molecule has 0 aliphatic carbocycles. The third kappa shape index (κ3) is 6.09. The number of amides is 1. The molecule has 0 atom stereocenters. The van der Waals surface area contributed by atoms with Crippen molar-refractivity contribution in [2.45, 2.75) is 59.0 Å². The zero-order valence-corrected chi connectivity index (χ0v) is 19.1. The molecule has 1 aromatic carbocycles. The van der Waals surface area contributed by atoms with Crippen LogP contribution in [0.3, 0.4) is 0 Å². The summed E-state index contributed by atoms with van der Waals surface area (Å²) in [6, 6.07) is 8.49. The van der Waals surface area contributed by atoms with E-state index in [4.69, 9.17) is 4.42 Å². The quantitative estimate of drug-likeness (QED) is 0.522. The highest BCUT2D eigenvalue weighted by atomic mass is 16.4. The Kier molecular flexibility index (Phi) is 8.09. The zero-order chi connectivity index (χ0) is 22.2. The number of aromatic nitrogens is 1. The van der Waals surface area contributed by atoms with Crippen molar-refractivity contribution in [3.63, 3.8) is 0 Å². The number of hydrogen-bond donors (Lipinski definition) is 2. The lowest BCUT2D eigenvalue weighted by molar-refractivity contribution is -0.136. The van der Waals surface area contributed by atoms with E-state index in [1.54, 1.807) is 13.2 Å². The summed E-state index contributed by atoms with van der Waals surface area (Å²) in [5.74, 6) is 2.56. The van der Waals surface area contributed by atoms with Crippen molar-refractivity contribution < 1.29 is 9.21 Å². The number of benzene rings is 1. The van der Waals surface area contributed by atoms with Crippen LogP contribution in [-0.2, 0) is 11.3 Å². The van der Waals surface area contributed by atoms with E-state index in [0.717, 1.165) is 56.1 Å². The van der Waals surface area contributed by atoms with E-state index in [-0.39, 0.29) is 5.92 Å². The van der Waals surface area contributed by atoms with Crippen molar-refractivity contribution in [3.8, 4) is 11.3 Å². The molecule has 0 unspecified atom stereocenters. The molecule has 1 fully saturated rings. The lowest BCUT2D eigenvalue weighted by atomic mass is 9.98. The van der Waals surface area contributed by atoms with Crippen molar-refractivity contribution in [1.82, 2.24) is 20.5 Å². The van der Waals surface area contributed by atoms with Gasteiger partial charge in [0.2, 0.25) is 11.8 Å². The van der Waals surface area contributed by atoms with E-state index < -0.39 is 0 Å². The molecule has 1 saturated heterocycles. The molecule has 1 aromatic heterocycles. The molecular formula is C24H35N5O2. The SMILES string of the molecule is CCC(CC)C(=O)N1CCC(NC(=NC)NCc2ncc(-c3ccc(C)cc3)o2)CC1. The Balaban J connectivity index is 1.46. The smallest absolute Gasteiger partial charge is 0.225 e. The second-order valence-electron chi connectivity index (χ2n) is 8.17. The van der Waals surface area contributed by atoms with Crippen molar-refractivity contribution in [3.05, 3.63) is 41.9 Å². The summed E-state index contributed by atoms with van der Waals surface area (Å²) in [6.45, 7) is 8.29. The van der Waals surface area contributed by atoms with E-state index in [1.807, 2.05) is 17.0 Å². The molecule has 1 aliphatic rings. The summed E-state index contributed by atoms with van der Waals surface area (Å²) in [5.41, 5.74) is 2.23. The minimum Gasteiger partial charge on any atom is -0.439 e. The minimum absolute atomic E-state index is 0.157. The van der Waals surface area contributed by atoms with Gasteiger partial charge in [-0.25, -0.2) is 4.98 Å². The van der Waals surface area contributed by atoms with Crippen molar-refractivity contribution >= 4 is 11.9 Å². The molecule has 7 nitrogen and oxygen atoms in total. The molecule has 2 heterocycles. The van der Waals surface area contributed by atoms with Gasteiger partial charge in [-0.1, -0.05) is 43.7 Å². The molecule has 0 radical (unpaired) electrons. The normalized spacial score (nSPS) is 15.4.